The second-order valence-corrected chi connectivity index (χ2v) is 11.0. The van der Waals surface area contributed by atoms with Gasteiger partial charge in [0.05, 0.1) is 0 Å². The van der Waals surface area contributed by atoms with Crippen LogP contribution in [-0.4, -0.2) is 0 Å². The van der Waals surface area contributed by atoms with Crippen LogP contribution in [-0.2, 0) is 0 Å². The minimum Gasteiger partial charge on any atom is -0.0839 e. The molecule has 0 spiro atoms. The van der Waals surface area contributed by atoms with Crippen LogP contribution in [0.5, 0.6) is 0 Å². The van der Waals surface area contributed by atoms with Crippen LogP contribution in [0, 0.1) is 35.0 Å². The molecule has 4 aliphatic rings. The highest BCUT2D eigenvalue weighted by Gasteiger charge is 2.33. The first-order valence-corrected chi connectivity index (χ1v) is 11.9. The molecule has 0 radical (unpaired) electrons. The molecule has 0 heteroatoms. The van der Waals surface area contributed by atoms with Crippen molar-refractivity contribution in [3.05, 3.63) is 23.3 Å². The molecule has 4 aliphatic carbocycles. The second-order valence-electron chi connectivity index (χ2n) is 11.0. The van der Waals surface area contributed by atoms with Gasteiger partial charge >= 0.3 is 0 Å². The molecule has 3 atom stereocenters. The largest absolute Gasteiger partial charge is 0.0839 e. The number of rotatable bonds is 7. The molecule has 0 aromatic heterocycles. The van der Waals surface area contributed by atoms with E-state index in [4.69, 9.17) is 0 Å². The van der Waals surface area contributed by atoms with Crippen LogP contribution in [0.15, 0.2) is 23.3 Å². The van der Waals surface area contributed by atoms with Crippen molar-refractivity contribution in [1.82, 2.24) is 0 Å². The zero-order chi connectivity index (χ0) is 18.1. The molecule has 3 unspecified atom stereocenters. The molecule has 0 bridgehead atoms. The molecule has 0 amide bonds. The highest BCUT2D eigenvalue weighted by Crippen LogP contribution is 2.47. The molecule has 26 heavy (non-hydrogen) atoms. The average molecular weight is 355 g/mol. The van der Waals surface area contributed by atoms with E-state index in [1.165, 1.54) is 83.5 Å². The molecule has 146 valence electrons. The van der Waals surface area contributed by atoms with E-state index in [1.807, 2.05) is 5.57 Å². The van der Waals surface area contributed by atoms with Gasteiger partial charge in [-0.3, -0.25) is 0 Å². The topological polar surface area (TPSA) is 0 Å². The van der Waals surface area contributed by atoms with Gasteiger partial charge in [0.15, 0.2) is 0 Å². The second kappa shape index (κ2) is 7.84. The Bertz CT molecular complexity index is 540. The number of hydrogen-bond donors (Lipinski definition) is 0. The van der Waals surface area contributed by atoms with Crippen LogP contribution < -0.4 is 0 Å². The summed E-state index contributed by atoms with van der Waals surface area (Å²) in [7, 11) is 0. The molecule has 2 saturated carbocycles. The third-order valence-corrected chi connectivity index (χ3v) is 8.11. The lowest BCUT2D eigenvalue weighted by molar-refractivity contribution is 0.320. The van der Waals surface area contributed by atoms with Gasteiger partial charge in [0.25, 0.3) is 0 Å². The monoisotopic (exact) mass is 354 g/mol. The first kappa shape index (κ1) is 18.8. The fourth-order valence-electron chi connectivity index (χ4n) is 5.94. The van der Waals surface area contributed by atoms with Crippen LogP contribution in [0.4, 0.5) is 0 Å². The smallest absolute Gasteiger partial charge is 0.0139 e. The highest BCUT2D eigenvalue weighted by atomic mass is 14.4. The van der Waals surface area contributed by atoms with Crippen LogP contribution in [0.25, 0.3) is 0 Å². The van der Waals surface area contributed by atoms with Crippen molar-refractivity contribution in [2.75, 3.05) is 0 Å². The molecule has 0 aromatic carbocycles. The van der Waals surface area contributed by atoms with Crippen molar-refractivity contribution in [3.63, 3.8) is 0 Å². The van der Waals surface area contributed by atoms with E-state index >= 15 is 0 Å². The highest BCUT2D eigenvalue weighted by molar-refractivity contribution is 5.23. The zero-order valence-electron chi connectivity index (χ0n) is 17.7. The first-order chi connectivity index (χ1) is 12.5. The summed E-state index contributed by atoms with van der Waals surface area (Å²) in [6.07, 6.45) is 24.4. The maximum absolute atomic E-state index is 2.75. The van der Waals surface area contributed by atoms with Crippen molar-refractivity contribution >= 4 is 0 Å². The maximum atomic E-state index is 2.75. The predicted octanol–water partition coefficient (Wildman–Crippen LogP) is 8.09. The molecule has 0 heterocycles. The lowest BCUT2D eigenvalue weighted by atomic mass is 9.67. The number of allylic oxidation sites excluding steroid dienone is 4. The van der Waals surface area contributed by atoms with E-state index in [1.54, 1.807) is 5.57 Å². The van der Waals surface area contributed by atoms with Crippen molar-refractivity contribution in [3.8, 4) is 0 Å². The standard InChI is InChI=1S/C26H42/c1-19(5-4-6-20-7-8-20)25-14-13-23-12-11-22(17-21-9-10-21)18-24(23)15-16-26(25,2)3/h14,18-23H,4-13,15-17H2,1-3H3. The van der Waals surface area contributed by atoms with E-state index in [-0.39, 0.29) is 0 Å². The van der Waals surface area contributed by atoms with Gasteiger partial charge in [-0.25, -0.2) is 0 Å². The van der Waals surface area contributed by atoms with Crippen molar-refractivity contribution in [1.29, 1.82) is 0 Å². The number of fused-ring (bicyclic) bond motifs is 1. The summed E-state index contributed by atoms with van der Waals surface area (Å²) in [6, 6.07) is 0. The Morgan fingerprint density at radius 3 is 2.54 bits per heavy atom. The summed E-state index contributed by atoms with van der Waals surface area (Å²) in [5.41, 5.74) is 4.04. The Kier molecular flexibility index (Phi) is 5.68. The first-order valence-electron chi connectivity index (χ1n) is 11.9. The third-order valence-electron chi connectivity index (χ3n) is 8.11. The van der Waals surface area contributed by atoms with Gasteiger partial charge in [0.2, 0.25) is 0 Å². The summed E-state index contributed by atoms with van der Waals surface area (Å²) in [5, 5.41) is 0. The molecule has 0 nitrogen and oxygen atoms in total. The predicted molar refractivity (Wildman–Crippen MR) is 113 cm³/mol. The van der Waals surface area contributed by atoms with Crippen LogP contribution in [0.3, 0.4) is 0 Å². The van der Waals surface area contributed by atoms with Gasteiger partial charge in [0.1, 0.15) is 0 Å². The molecule has 0 saturated heterocycles. The Balaban J connectivity index is 1.40. The molecule has 0 aliphatic heterocycles. The van der Waals surface area contributed by atoms with E-state index in [0.717, 1.165) is 29.6 Å². The Morgan fingerprint density at radius 2 is 1.81 bits per heavy atom. The molecule has 0 aromatic rings. The Hall–Kier alpha value is -0.520. The van der Waals surface area contributed by atoms with E-state index in [0.29, 0.717) is 5.41 Å². The molecule has 2 fully saturated rings. The Morgan fingerprint density at radius 1 is 1.04 bits per heavy atom. The minimum absolute atomic E-state index is 0.397. The SMILES string of the molecule is CC(CCCC1CC1)C1=CCC2CCC(CC3CC3)C=C2CCC1(C)C. The fraction of sp³-hybridized carbons (Fsp3) is 0.846. The third kappa shape index (κ3) is 4.85. The molecular weight excluding hydrogens is 312 g/mol. The Labute approximate surface area is 162 Å². The quantitative estimate of drug-likeness (QED) is 0.405. The van der Waals surface area contributed by atoms with E-state index in [9.17, 15) is 0 Å². The molecular formula is C26H42. The van der Waals surface area contributed by atoms with Crippen molar-refractivity contribution in [2.24, 2.45) is 35.0 Å². The summed E-state index contributed by atoms with van der Waals surface area (Å²) >= 11 is 0. The fourth-order valence-corrected chi connectivity index (χ4v) is 5.94. The molecule has 4 rings (SSSR count). The van der Waals surface area contributed by atoms with Gasteiger partial charge in [-0.15, -0.1) is 0 Å². The lowest BCUT2D eigenvalue weighted by Gasteiger charge is -2.38. The van der Waals surface area contributed by atoms with E-state index in [2.05, 4.69) is 32.9 Å². The zero-order valence-corrected chi connectivity index (χ0v) is 17.7. The minimum atomic E-state index is 0.397. The van der Waals surface area contributed by atoms with E-state index < -0.39 is 0 Å². The van der Waals surface area contributed by atoms with Gasteiger partial charge in [-0.2, -0.15) is 0 Å². The number of hydrogen-bond acceptors (Lipinski definition) is 0. The van der Waals surface area contributed by atoms with Gasteiger partial charge in [-0.1, -0.05) is 82.6 Å². The summed E-state index contributed by atoms with van der Waals surface area (Å²) in [6.45, 7) is 7.58. The van der Waals surface area contributed by atoms with Crippen LogP contribution in [0.2, 0.25) is 0 Å². The summed E-state index contributed by atoms with van der Waals surface area (Å²) in [4.78, 5) is 0. The van der Waals surface area contributed by atoms with Crippen molar-refractivity contribution in [2.45, 2.75) is 104 Å². The van der Waals surface area contributed by atoms with Gasteiger partial charge in [0, 0.05) is 0 Å². The maximum Gasteiger partial charge on any atom is -0.0139 e. The average Bonchev–Trinajstić information content (AvgIpc) is 3.49. The summed E-state index contributed by atoms with van der Waals surface area (Å²) < 4.78 is 0. The lowest BCUT2D eigenvalue weighted by Crippen LogP contribution is -2.25. The van der Waals surface area contributed by atoms with Gasteiger partial charge < -0.3 is 0 Å². The molecule has 0 N–H and O–H groups in total. The van der Waals surface area contributed by atoms with Crippen LogP contribution in [0.1, 0.15) is 104 Å². The normalized spacial score (nSPS) is 32.7. The summed E-state index contributed by atoms with van der Waals surface area (Å²) in [5.74, 6) is 4.76. The van der Waals surface area contributed by atoms with Crippen molar-refractivity contribution < 1.29 is 0 Å². The van der Waals surface area contributed by atoms with Crippen LogP contribution >= 0.6 is 0 Å². The van der Waals surface area contributed by atoms with Gasteiger partial charge in [-0.05, 0) is 80.0 Å².